The zero-order valence-electron chi connectivity index (χ0n) is 17.5. The molecule has 0 bridgehead atoms. The largest absolute Gasteiger partial charge is 0.861 e. The zero-order chi connectivity index (χ0) is 23.8. The molecule has 178 valence electrons. The van der Waals surface area contributed by atoms with Gasteiger partial charge in [-0.25, -0.2) is 0 Å². The van der Waals surface area contributed by atoms with E-state index in [9.17, 15) is 39.6 Å². The van der Waals surface area contributed by atoms with Gasteiger partial charge in [0.25, 0.3) is 0 Å². The summed E-state index contributed by atoms with van der Waals surface area (Å²) in [5.74, 6) is -6.12. The van der Waals surface area contributed by atoms with Gasteiger partial charge < -0.3 is 44.9 Å². The van der Waals surface area contributed by atoms with Crippen LogP contribution in [0.5, 0.6) is 0 Å². The standard InChI is InChI=1S/C18H32N4O9/c1-2-3-4-19-14(23)9-21(11-16(26)27)7-5-20(10-15(24)25)6-8-22(12-17(28)29)13-18(30)31/h2-13H2,1H3,(H,19,23)(H,24,25)(H,26,27)(H,28,29)(H,30,31)/p-4. The van der Waals surface area contributed by atoms with Crippen LogP contribution in [0.3, 0.4) is 0 Å². The van der Waals surface area contributed by atoms with Gasteiger partial charge in [0, 0.05) is 58.9 Å². The number of aliphatic carboxylic acids is 4. The Kier molecular flexibility index (Phi) is 14.6. The molecule has 0 radical (unpaired) electrons. The van der Waals surface area contributed by atoms with Crippen LogP contribution in [0.4, 0.5) is 0 Å². The molecule has 0 rings (SSSR count). The van der Waals surface area contributed by atoms with Crippen molar-refractivity contribution in [2.45, 2.75) is 19.8 Å². The van der Waals surface area contributed by atoms with Gasteiger partial charge in [-0.1, -0.05) is 13.3 Å². The van der Waals surface area contributed by atoms with Crippen molar-refractivity contribution >= 4 is 29.8 Å². The molecule has 0 aliphatic carbocycles. The van der Waals surface area contributed by atoms with Crippen molar-refractivity contribution in [2.24, 2.45) is 4.99 Å². The van der Waals surface area contributed by atoms with Crippen LogP contribution in [-0.4, -0.2) is 115 Å². The predicted octanol–water partition coefficient (Wildman–Crippen LogP) is -6.21. The summed E-state index contributed by atoms with van der Waals surface area (Å²) in [6, 6.07) is 0. The molecule has 0 fully saturated rings. The number of carbonyl (C=O) groups excluding carboxylic acids is 3. The fraction of sp³-hybridized carbons (Fsp3) is 0.722. The van der Waals surface area contributed by atoms with Gasteiger partial charge in [0.2, 0.25) is 0 Å². The highest BCUT2D eigenvalue weighted by Crippen LogP contribution is 1.97. The smallest absolute Gasteiger partial charge is 0.317 e. The second-order valence-electron chi connectivity index (χ2n) is 6.84. The second-order valence-corrected chi connectivity index (χ2v) is 6.84. The van der Waals surface area contributed by atoms with Crippen LogP contribution in [0.1, 0.15) is 19.8 Å². The Morgan fingerprint density at radius 1 is 0.710 bits per heavy atom. The van der Waals surface area contributed by atoms with Gasteiger partial charge in [-0.05, 0) is 12.3 Å². The summed E-state index contributed by atoms with van der Waals surface area (Å²) in [4.78, 5) is 51.0. The number of rotatable bonds is 19. The Balaban J connectivity index is 5.00. The van der Waals surface area contributed by atoms with Crippen molar-refractivity contribution in [1.29, 1.82) is 0 Å². The zero-order valence-corrected chi connectivity index (χ0v) is 17.5. The van der Waals surface area contributed by atoms with E-state index in [0.717, 1.165) is 11.3 Å². The van der Waals surface area contributed by atoms with E-state index in [1.165, 1.54) is 9.80 Å². The lowest BCUT2D eigenvalue weighted by atomic mass is 10.3. The van der Waals surface area contributed by atoms with E-state index in [1.54, 1.807) is 0 Å². The number of aliphatic imine (C=N–C) groups is 1. The number of carbonyl (C=O) groups is 4. The van der Waals surface area contributed by atoms with E-state index in [2.05, 4.69) is 4.99 Å². The Morgan fingerprint density at radius 3 is 1.55 bits per heavy atom. The van der Waals surface area contributed by atoms with E-state index in [0.29, 0.717) is 13.0 Å². The molecule has 0 amide bonds. The van der Waals surface area contributed by atoms with Gasteiger partial charge >= 0.3 is 5.97 Å². The first kappa shape index (κ1) is 28.2. The third-order valence-corrected chi connectivity index (χ3v) is 4.04. The normalized spacial score (nSPS) is 11.9. The summed E-state index contributed by atoms with van der Waals surface area (Å²) in [5, 5.41) is 53.5. The topological polar surface area (TPSA) is 203 Å². The molecule has 13 heteroatoms. The van der Waals surface area contributed by atoms with Gasteiger partial charge in [0.15, 0.2) is 0 Å². The third kappa shape index (κ3) is 16.7. The molecule has 0 aromatic rings. The van der Waals surface area contributed by atoms with E-state index >= 15 is 0 Å². The van der Waals surface area contributed by atoms with Crippen LogP contribution >= 0.6 is 0 Å². The quantitative estimate of drug-likeness (QED) is 0.112. The summed E-state index contributed by atoms with van der Waals surface area (Å²) in [6.45, 7) is -0.556. The minimum Gasteiger partial charge on any atom is -0.861 e. The predicted molar refractivity (Wildman–Crippen MR) is 99.2 cm³/mol. The van der Waals surface area contributed by atoms with Crippen LogP contribution < -0.4 is 20.4 Å². The number of nitrogens with zero attached hydrogens (tertiary/aromatic N) is 4. The van der Waals surface area contributed by atoms with Gasteiger partial charge in [0.05, 0.1) is 24.5 Å². The molecular weight excluding hydrogens is 416 g/mol. The molecule has 0 unspecified atom stereocenters. The molecular formula is C18H28N4O9-4. The number of carboxylic acid groups (broad SMARTS) is 4. The Labute approximate surface area is 180 Å². The number of carboxylic acids is 4. The molecule has 0 heterocycles. The molecule has 0 saturated heterocycles. The van der Waals surface area contributed by atoms with E-state index in [-0.39, 0.29) is 32.7 Å². The first-order chi connectivity index (χ1) is 14.5. The van der Waals surface area contributed by atoms with Gasteiger partial charge in [-0.15, -0.1) is 0 Å². The first-order valence-electron chi connectivity index (χ1n) is 9.72. The summed E-state index contributed by atoms with van der Waals surface area (Å²) in [6.07, 6.45) is 1.55. The minimum atomic E-state index is -1.49. The van der Waals surface area contributed by atoms with Crippen molar-refractivity contribution in [2.75, 3.05) is 65.4 Å². The van der Waals surface area contributed by atoms with Gasteiger partial charge in [-0.3, -0.25) is 19.5 Å². The Hall–Kier alpha value is -2.77. The highest BCUT2D eigenvalue weighted by atomic mass is 16.4. The number of hydrogen-bond donors (Lipinski definition) is 1. The summed E-state index contributed by atoms with van der Waals surface area (Å²) < 4.78 is 0. The highest BCUT2D eigenvalue weighted by Gasteiger charge is 2.14. The van der Waals surface area contributed by atoms with E-state index in [4.69, 9.17) is 5.11 Å². The summed E-state index contributed by atoms with van der Waals surface area (Å²) >= 11 is 0. The van der Waals surface area contributed by atoms with Crippen molar-refractivity contribution in [3.63, 3.8) is 0 Å². The number of hydrogen-bond acceptors (Lipinski definition) is 12. The fourth-order valence-electron chi connectivity index (χ4n) is 2.61. The third-order valence-electron chi connectivity index (χ3n) is 4.04. The molecule has 0 aliphatic heterocycles. The van der Waals surface area contributed by atoms with Crippen molar-refractivity contribution in [3.05, 3.63) is 0 Å². The van der Waals surface area contributed by atoms with Crippen molar-refractivity contribution < 1.29 is 44.7 Å². The van der Waals surface area contributed by atoms with E-state index in [1.807, 2.05) is 6.92 Å². The highest BCUT2D eigenvalue weighted by molar-refractivity contribution is 5.75. The maximum Gasteiger partial charge on any atom is 0.317 e. The van der Waals surface area contributed by atoms with Crippen LogP contribution in [0.2, 0.25) is 0 Å². The summed E-state index contributed by atoms with van der Waals surface area (Å²) in [5.41, 5.74) is 0. The molecule has 0 saturated carbocycles. The average molecular weight is 444 g/mol. The lowest BCUT2D eigenvalue weighted by Crippen LogP contribution is -2.49. The maximum atomic E-state index is 11.9. The second kappa shape index (κ2) is 16.0. The van der Waals surface area contributed by atoms with Crippen molar-refractivity contribution in [3.8, 4) is 0 Å². The molecule has 31 heavy (non-hydrogen) atoms. The molecule has 1 N–H and O–H groups in total. The minimum absolute atomic E-state index is 0.00423. The Morgan fingerprint density at radius 2 is 1.13 bits per heavy atom. The maximum absolute atomic E-state index is 11.9. The molecule has 0 aliphatic rings. The number of unbranched alkanes of at least 4 members (excludes halogenated alkanes) is 1. The average Bonchev–Trinajstić information content (AvgIpc) is 2.62. The van der Waals surface area contributed by atoms with Crippen LogP contribution in [0, 0.1) is 0 Å². The molecule has 0 spiro atoms. The van der Waals surface area contributed by atoms with Gasteiger partial charge in [0.1, 0.15) is 0 Å². The lowest BCUT2D eigenvalue weighted by molar-refractivity contribution is -0.308. The molecule has 0 atom stereocenters. The van der Waals surface area contributed by atoms with Crippen molar-refractivity contribution in [1.82, 2.24) is 14.7 Å². The van der Waals surface area contributed by atoms with E-state index < -0.39 is 56.0 Å². The monoisotopic (exact) mass is 444 g/mol. The Bertz CT molecular complexity index is 611. The van der Waals surface area contributed by atoms with Crippen LogP contribution in [0.15, 0.2) is 4.99 Å². The fourth-order valence-corrected chi connectivity index (χ4v) is 2.61. The van der Waals surface area contributed by atoms with Crippen LogP contribution in [-0.2, 0) is 19.2 Å². The van der Waals surface area contributed by atoms with Crippen LogP contribution in [0.25, 0.3) is 0 Å². The first-order valence-corrected chi connectivity index (χ1v) is 9.72. The molecule has 13 nitrogen and oxygen atoms in total. The summed E-state index contributed by atoms with van der Waals surface area (Å²) in [7, 11) is 0. The van der Waals surface area contributed by atoms with Gasteiger partial charge in [-0.2, -0.15) is 0 Å². The molecule has 0 aromatic carbocycles. The SMILES string of the molecule is CCCCN=C([O-])CN(CCN(CCN(CC(=O)[O-])CC(=O)O)CC(=O)[O-])CC(=O)[O-]. The lowest BCUT2D eigenvalue weighted by Gasteiger charge is -2.31. The molecule has 0 aromatic heterocycles.